The molecule has 0 saturated carbocycles. The maximum atomic E-state index is 6.35. The summed E-state index contributed by atoms with van der Waals surface area (Å²) < 4.78 is 10.3. The number of hydrogen-bond acceptors (Lipinski definition) is 4. The third kappa shape index (κ3) is 2.58. The topological polar surface area (TPSA) is 47.6 Å². The summed E-state index contributed by atoms with van der Waals surface area (Å²) in [5.41, 5.74) is 2.08. The highest BCUT2D eigenvalue weighted by atomic mass is 16.5. The van der Waals surface area contributed by atoms with Crippen molar-refractivity contribution in [3.05, 3.63) is 55.0 Å². The van der Waals surface area contributed by atoms with Gasteiger partial charge in [0, 0.05) is 57.0 Å². The average Bonchev–Trinajstić information content (AvgIpc) is 3.29. The molecule has 26 heavy (non-hydrogen) atoms. The predicted octanol–water partition coefficient (Wildman–Crippen LogP) is 3.27. The Kier molecular flexibility index (Phi) is 3.55. The number of benzene rings is 1. The van der Waals surface area contributed by atoms with Crippen molar-refractivity contribution in [2.45, 2.75) is 18.9 Å². The van der Waals surface area contributed by atoms with Crippen molar-refractivity contribution >= 4 is 22.4 Å². The van der Waals surface area contributed by atoms with Crippen LogP contribution in [-0.4, -0.2) is 38.4 Å². The monoisotopic (exact) mass is 347 g/mol. The maximum absolute atomic E-state index is 6.35. The lowest BCUT2D eigenvalue weighted by Crippen LogP contribution is -2.38. The van der Waals surface area contributed by atoms with E-state index in [1.165, 1.54) is 10.9 Å². The third-order valence-corrected chi connectivity index (χ3v) is 5.19. The first-order valence-corrected chi connectivity index (χ1v) is 9.04. The summed E-state index contributed by atoms with van der Waals surface area (Å²) in [5.74, 6) is 1.98. The Morgan fingerprint density at radius 2 is 1.92 bits per heavy atom. The van der Waals surface area contributed by atoms with Crippen molar-refractivity contribution in [1.29, 1.82) is 0 Å². The number of hydrogen-bond donors (Lipinski definition) is 0. The molecule has 1 aliphatic heterocycles. The fraction of sp³-hybridized carbons (Fsp3) is 0.300. The van der Waals surface area contributed by atoms with Crippen LogP contribution in [0.3, 0.4) is 0 Å². The number of aromatic nitrogens is 4. The summed E-state index contributed by atoms with van der Waals surface area (Å²) >= 11 is 0. The van der Waals surface area contributed by atoms with Crippen LogP contribution >= 0.6 is 0 Å². The van der Waals surface area contributed by atoms with Crippen LogP contribution in [0.2, 0.25) is 0 Å². The first-order valence-electron chi connectivity index (χ1n) is 9.04. The molecule has 6 nitrogen and oxygen atoms in total. The van der Waals surface area contributed by atoms with Crippen LogP contribution < -0.4 is 9.64 Å². The van der Waals surface area contributed by atoms with Gasteiger partial charge in [-0.15, -0.1) is 5.10 Å². The van der Waals surface area contributed by atoms with Gasteiger partial charge in [0.15, 0.2) is 5.65 Å². The molecule has 6 heteroatoms. The number of anilines is 1. The Morgan fingerprint density at radius 3 is 2.81 bits per heavy atom. The van der Waals surface area contributed by atoms with E-state index in [-0.39, 0.29) is 6.10 Å². The standard InChI is InChI=1S/C20H21N5O/c1-23-11-9-16-17(23)3-2-4-18(16)26-15-7-12-24(13-8-15)20-6-5-19-21-10-14-25(19)22-20/h2-6,9-11,14-15H,7-8,12-13H2,1H3. The van der Waals surface area contributed by atoms with Crippen molar-refractivity contribution in [3.63, 3.8) is 0 Å². The van der Waals surface area contributed by atoms with Crippen molar-refractivity contribution in [2.75, 3.05) is 18.0 Å². The minimum absolute atomic E-state index is 0.244. The predicted molar refractivity (Wildman–Crippen MR) is 102 cm³/mol. The molecule has 0 unspecified atom stereocenters. The second-order valence-corrected chi connectivity index (χ2v) is 6.84. The lowest BCUT2D eigenvalue weighted by molar-refractivity contribution is 0.173. The molecule has 0 aliphatic carbocycles. The van der Waals surface area contributed by atoms with Crippen molar-refractivity contribution in [1.82, 2.24) is 19.2 Å². The summed E-state index contributed by atoms with van der Waals surface area (Å²) in [6.07, 6.45) is 7.97. The first-order chi connectivity index (χ1) is 12.8. The van der Waals surface area contributed by atoms with Crippen LogP contribution in [0, 0.1) is 0 Å². The van der Waals surface area contributed by atoms with Crippen LogP contribution in [-0.2, 0) is 7.05 Å². The summed E-state index contributed by atoms with van der Waals surface area (Å²) in [7, 11) is 2.06. The number of fused-ring (bicyclic) bond motifs is 2. The van der Waals surface area contributed by atoms with Gasteiger partial charge >= 0.3 is 0 Å². The van der Waals surface area contributed by atoms with E-state index < -0.39 is 0 Å². The number of ether oxygens (including phenoxy) is 1. The molecule has 3 aromatic heterocycles. The van der Waals surface area contributed by atoms with Gasteiger partial charge in [-0.2, -0.15) is 0 Å². The molecule has 0 bridgehead atoms. The van der Waals surface area contributed by atoms with Crippen LogP contribution in [0.1, 0.15) is 12.8 Å². The quantitative estimate of drug-likeness (QED) is 0.571. The van der Waals surface area contributed by atoms with E-state index in [0.29, 0.717) is 0 Å². The van der Waals surface area contributed by atoms with E-state index >= 15 is 0 Å². The number of imidazole rings is 1. The van der Waals surface area contributed by atoms with Crippen LogP contribution in [0.15, 0.2) is 55.0 Å². The Labute approximate surface area is 151 Å². The molecule has 132 valence electrons. The van der Waals surface area contributed by atoms with Gasteiger partial charge in [-0.25, -0.2) is 9.50 Å². The summed E-state index contributed by atoms with van der Waals surface area (Å²) in [5, 5.41) is 5.83. The number of aryl methyl sites for hydroxylation is 1. The second kappa shape index (κ2) is 6.05. The molecule has 4 aromatic rings. The minimum Gasteiger partial charge on any atom is -0.490 e. The van der Waals surface area contributed by atoms with E-state index in [1.807, 2.05) is 22.8 Å². The van der Waals surface area contributed by atoms with Crippen LogP contribution in [0.4, 0.5) is 5.82 Å². The van der Waals surface area contributed by atoms with Crippen LogP contribution in [0.25, 0.3) is 16.6 Å². The largest absolute Gasteiger partial charge is 0.490 e. The molecule has 5 rings (SSSR count). The highest BCUT2D eigenvalue weighted by Crippen LogP contribution is 2.29. The molecule has 1 saturated heterocycles. The highest BCUT2D eigenvalue weighted by molar-refractivity contribution is 5.86. The minimum atomic E-state index is 0.244. The lowest BCUT2D eigenvalue weighted by Gasteiger charge is -2.33. The average molecular weight is 347 g/mol. The smallest absolute Gasteiger partial charge is 0.153 e. The third-order valence-electron chi connectivity index (χ3n) is 5.19. The van der Waals surface area contributed by atoms with Gasteiger partial charge in [0.1, 0.15) is 17.7 Å². The maximum Gasteiger partial charge on any atom is 0.153 e. The normalized spacial score (nSPS) is 15.8. The molecule has 0 atom stereocenters. The van der Waals surface area contributed by atoms with Crippen LogP contribution in [0.5, 0.6) is 5.75 Å². The molecule has 0 radical (unpaired) electrons. The fourth-order valence-electron chi connectivity index (χ4n) is 3.73. The van der Waals surface area contributed by atoms with Gasteiger partial charge in [0.25, 0.3) is 0 Å². The highest BCUT2D eigenvalue weighted by Gasteiger charge is 2.22. The molecular weight excluding hydrogens is 326 g/mol. The van der Waals surface area contributed by atoms with Gasteiger partial charge in [-0.3, -0.25) is 0 Å². The van der Waals surface area contributed by atoms with Gasteiger partial charge in [-0.05, 0) is 30.3 Å². The first kappa shape index (κ1) is 15.3. The van der Waals surface area contributed by atoms with Gasteiger partial charge < -0.3 is 14.2 Å². The number of nitrogens with zero attached hydrogens (tertiary/aromatic N) is 5. The van der Waals surface area contributed by atoms with E-state index in [9.17, 15) is 0 Å². The summed E-state index contributed by atoms with van der Waals surface area (Å²) in [6.45, 7) is 1.89. The number of rotatable bonds is 3. The SMILES string of the molecule is Cn1ccc2c(OC3CCN(c4ccc5nccn5n4)CC3)cccc21. The zero-order valence-electron chi connectivity index (χ0n) is 14.7. The Hall–Kier alpha value is -3.02. The van der Waals surface area contributed by atoms with Gasteiger partial charge in [0.2, 0.25) is 0 Å². The van der Waals surface area contributed by atoms with Gasteiger partial charge in [0.05, 0.1) is 5.52 Å². The number of piperidine rings is 1. The lowest BCUT2D eigenvalue weighted by atomic mass is 10.1. The zero-order chi connectivity index (χ0) is 17.5. The van der Waals surface area contributed by atoms with Gasteiger partial charge in [-0.1, -0.05) is 6.07 Å². The molecule has 1 fully saturated rings. The zero-order valence-corrected chi connectivity index (χ0v) is 14.7. The molecule has 0 N–H and O–H groups in total. The molecule has 1 aromatic carbocycles. The summed E-state index contributed by atoms with van der Waals surface area (Å²) in [6, 6.07) is 12.5. The Bertz CT molecular complexity index is 1060. The molecular formula is C20H21N5O. The van der Waals surface area contributed by atoms with E-state index in [0.717, 1.165) is 43.1 Å². The van der Waals surface area contributed by atoms with Crippen molar-refractivity contribution < 1.29 is 4.74 Å². The van der Waals surface area contributed by atoms with E-state index in [2.05, 4.69) is 57.1 Å². The molecule has 0 spiro atoms. The molecule has 4 heterocycles. The Balaban J connectivity index is 1.29. The Morgan fingerprint density at radius 1 is 1.04 bits per heavy atom. The van der Waals surface area contributed by atoms with Crippen molar-refractivity contribution in [2.24, 2.45) is 7.05 Å². The van der Waals surface area contributed by atoms with E-state index in [1.54, 1.807) is 6.20 Å². The van der Waals surface area contributed by atoms with E-state index in [4.69, 9.17) is 4.74 Å². The fourth-order valence-corrected chi connectivity index (χ4v) is 3.73. The van der Waals surface area contributed by atoms with Crippen molar-refractivity contribution in [3.8, 4) is 5.75 Å². The molecule has 1 aliphatic rings. The molecule has 0 amide bonds. The second-order valence-electron chi connectivity index (χ2n) is 6.84. The summed E-state index contributed by atoms with van der Waals surface area (Å²) in [4.78, 5) is 6.57.